The number of carbonyl (C=O) groups is 2. The number of aryl methyl sites for hydroxylation is 1. The van der Waals surface area contributed by atoms with Crippen molar-refractivity contribution in [2.75, 3.05) is 13.1 Å². The van der Waals surface area contributed by atoms with Crippen LogP contribution in [0.1, 0.15) is 35.3 Å². The average Bonchev–Trinajstić information content (AvgIpc) is 3.30. The van der Waals surface area contributed by atoms with E-state index in [0.29, 0.717) is 19.6 Å². The number of thiophene rings is 1. The summed E-state index contributed by atoms with van der Waals surface area (Å²) in [5, 5.41) is 12.7. The summed E-state index contributed by atoms with van der Waals surface area (Å²) in [6.45, 7) is 4.32. The maximum Gasteiger partial charge on any atom is 0.263 e. The van der Waals surface area contributed by atoms with Crippen molar-refractivity contribution in [3.63, 3.8) is 0 Å². The van der Waals surface area contributed by atoms with Crippen LogP contribution in [0.3, 0.4) is 0 Å². The maximum atomic E-state index is 12.4. The quantitative estimate of drug-likeness (QED) is 0.889. The van der Waals surface area contributed by atoms with Gasteiger partial charge in [-0.15, -0.1) is 21.5 Å². The van der Waals surface area contributed by atoms with Crippen molar-refractivity contribution in [3.05, 3.63) is 34.5 Å². The van der Waals surface area contributed by atoms with E-state index in [4.69, 9.17) is 0 Å². The van der Waals surface area contributed by atoms with E-state index in [2.05, 4.69) is 15.5 Å². The molecule has 7 nitrogen and oxygen atoms in total. The van der Waals surface area contributed by atoms with Gasteiger partial charge in [-0.25, -0.2) is 0 Å². The molecule has 3 rings (SSSR count). The van der Waals surface area contributed by atoms with Crippen LogP contribution in [0.4, 0.5) is 0 Å². The summed E-state index contributed by atoms with van der Waals surface area (Å²) >= 11 is 1.44. The molecular formula is C16H21N5O2S. The summed E-state index contributed by atoms with van der Waals surface area (Å²) in [6.07, 6.45) is 3.31. The first-order valence-corrected chi connectivity index (χ1v) is 9.04. The standard InChI is InChI=1S/C16H21N5O2S/c1-2-20-11-18-19-14(20)9-17-15(22)12-5-3-7-21(10-12)16(23)13-6-4-8-24-13/h4,6,8,11-12H,2-3,5,7,9-10H2,1H3,(H,17,22). The van der Waals surface area contributed by atoms with Gasteiger partial charge in [0, 0.05) is 19.6 Å². The molecule has 0 aliphatic carbocycles. The Morgan fingerprint density at radius 1 is 1.46 bits per heavy atom. The van der Waals surface area contributed by atoms with E-state index in [-0.39, 0.29) is 17.7 Å². The summed E-state index contributed by atoms with van der Waals surface area (Å²) in [5.74, 6) is 0.575. The first kappa shape index (κ1) is 16.6. The number of hydrogen-bond donors (Lipinski definition) is 1. The van der Waals surface area contributed by atoms with Crippen LogP contribution >= 0.6 is 11.3 Å². The first-order valence-electron chi connectivity index (χ1n) is 8.16. The molecule has 24 heavy (non-hydrogen) atoms. The fraction of sp³-hybridized carbons (Fsp3) is 0.500. The van der Waals surface area contributed by atoms with Gasteiger partial charge in [0.05, 0.1) is 17.3 Å². The molecule has 0 bridgehead atoms. The molecule has 1 unspecified atom stereocenters. The highest BCUT2D eigenvalue weighted by molar-refractivity contribution is 7.12. The first-order chi connectivity index (χ1) is 11.7. The number of piperidine rings is 1. The van der Waals surface area contributed by atoms with E-state index in [9.17, 15) is 9.59 Å². The van der Waals surface area contributed by atoms with Gasteiger partial charge < -0.3 is 14.8 Å². The number of hydrogen-bond acceptors (Lipinski definition) is 5. The number of aromatic nitrogens is 3. The predicted molar refractivity (Wildman–Crippen MR) is 90.5 cm³/mol. The van der Waals surface area contributed by atoms with E-state index < -0.39 is 0 Å². The molecule has 1 N–H and O–H groups in total. The minimum absolute atomic E-state index is 0.0215. The van der Waals surface area contributed by atoms with Crippen LogP contribution in [-0.4, -0.2) is 44.6 Å². The molecule has 2 amide bonds. The highest BCUT2D eigenvalue weighted by atomic mass is 32.1. The van der Waals surface area contributed by atoms with Crippen LogP contribution in [0.15, 0.2) is 23.8 Å². The third-order valence-corrected chi connectivity index (χ3v) is 5.13. The van der Waals surface area contributed by atoms with E-state index in [1.54, 1.807) is 11.2 Å². The van der Waals surface area contributed by atoms with Crippen LogP contribution in [-0.2, 0) is 17.9 Å². The number of likely N-dealkylation sites (tertiary alicyclic amines) is 1. The van der Waals surface area contributed by atoms with Gasteiger partial charge in [-0.1, -0.05) is 6.07 Å². The predicted octanol–water partition coefficient (Wildman–Crippen LogP) is 1.53. The molecule has 1 saturated heterocycles. The van der Waals surface area contributed by atoms with Gasteiger partial charge in [0.1, 0.15) is 6.33 Å². The number of nitrogens with one attached hydrogen (secondary N) is 1. The van der Waals surface area contributed by atoms with E-state index >= 15 is 0 Å². The Labute approximate surface area is 144 Å². The fourth-order valence-corrected chi connectivity index (χ4v) is 3.61. The van der Waals surface area contributed by atoms with Crippen molar-refractivity contribution in [1.82, 2.24) is 25.0 Å². The van der Waals surface area contributed by atoms with Crippen molar-refractivity contribution in [2.45, 2.75) is 32.9 Å². The Bertz CT molecular complexity index is 697. The highest BCUT2D eigenvalue weighted by Crippen LogP contribution is 2.20. The minimum atomic E-state index is -0.166. The monoisotopic (exact) mass is 347 g/mol. The van der Waals surface area contributed by atoms with Gasteiger partial charge >= 0.3 is 0 Å². The third kappa shape index (κ3) is 3.64. The van der Waals surface area contributed by atoms with Crippen LogP contribution in [0.5, 0.6) is 0 Å². The lowest BCUT2D eigenvalue weighted by molar-refractivity contribution is -0.126. The van der Waals surface area contributed by atoms with Crippen LogP contribution in [0.25, 0.3) is 0 Å². The molecule has 8 heteroatoms. The van der Waals surface area contributed by atoms with Crippen molar-refractivity contribution < 1.29 is 9.59 Å². The zero-order valence-electron chi connectivity index (χ0n) is 13.6. The summed E-state index contributed by atoms with van der Waals surface area (Å²) in [5.41, 5.74) is 0. The lowest BCUT2D eigenvalue weighted by atomic mass is 9.97. The van der Waals surface area contributed by atoms with Crippen molar-refractivity contribution >= 4 is 23.2 Å². The Kier molecular flexibility index (Phi) is 5.24. The normalized spacial score (nSPS) is 17.7. The molecule has 1 fully saturated rings. The van der Waals surface area contributed by atoms with Gasteiger partial charge in [0.2, 0.25) is 5.91 Å². The summed E-state index contributed by atoms with van der Waals surface area (Å²) < 4.78 is 1.90. The van der Waals surface area contributed by atoms with Gasteiger partial charge in [-0.2, -0.15) is 0 Å². The fourth-order valence-electron chi connectivity index (χ4n) is 2.92. The number of carbonyl (C=O) groups excluding carboxylic acids is 2. The Balaban J connectivity index is 1.56. The summed E-state index contributed by atoms with van der Waals surface area (Å²) in [7, 11) is 0. The van der Waals surface area contributed by atoms with Gasteiger partial charge in [0.25, 0.3) is 5.91 Å². The zero-order chi connectivity index (χ0) is 16.9. The Hall–Kier alpha value is -2.22. The molecule has 2 aromatic heterocycles. The van der Waals surface area contributed by atoms with E-state index in [1.165, 1.54) is 11.3 Å². The Morgan fingerprint density at radius 2 is 2.33 bits per heavy atom. The van der Waals surface area contributed by atoms with Crippen molar-refractivity contribution in [3.8, 4) is 0 Å². The molecule has 0 aromatic carbocycles. The smallest absolute Gasteiger partial charge is 0.263 e. The lowest BCUT2D eigenvalue weighted by Crippen LogP contribution is -2.45. The largest absolute Gasteiger partial charge is 0.348 e. The number of nitrogens with zero attached hydrogens (tertiary/aromatic N) is 4. The van der Waals surface area contributed by atoms with Gasteiger partial charge in [-0.3, -0.25) is 9.59 Å². The second kappa shape index (κ2) is 7.57. The molecule has 128 valence electrons. The van der Waals surface area contributed by atoms with Crippen molar-refractivity contribution in [1.29, 1.82) is 0 Å². The minimum Gasteiger partial charge on any atom is -0.348 e. The molecule has 1 atom stereocenters. The lowest BCUT2D eigenvalue weighted by Gasteiger charge is -2.31. The number of rotatable bonds is 5. The zero-order valence-corrected chi connectivity index (χ0v) is 14.5. The molecule has 0 radical (unpaired) electrons. The second-order valence-corrected chi connectivity index (χ2v) is 6.77. The molecule has 2 aromatic rings. The molecular weight excluding hydrogens is 326 g/mol. The van der Waals surface area contributed by atoms with E-state index in [1.807, 2.05) is 29.0 Å². The van der Waals surface area contributed by atoms with Gasteiger partial charge in [0.15, 0.2) is 5.82 Å². The molecule has 0 saturated carbocycles. The second-order valence-electron chi connectivity index (χ2n) is 5.82. The molecule has 3 heterocycles. The Morgan fingerprint density at radius 3 is 3.08 bits per heavy atom. The SMILES string of the molecule is CCn1cnnc1CNC(=O)C1CCCN(C(=O)c2cccs2)C1. The molecule has 1 aliphatic heterocycles. The maximum absolute atomic E-state index is 12.4. The number of amides is 2. The van der Waals surface area contributed by atoms with E-state index in [0.717, 1.165) is 30.1 Å². The third-order valence-electron chi connectivity index (χ3n) is 4.27. The summed E-state index contributed by atoms with van der Waals surface area (Å²) in [6, 6.07) is 3.70. The van der Waals surface area contributed by atoms with Crippen LogP contribution in [0.2, 0.25) is 0 Å². The van der Waals surface area contributed by atoms with Crippen molar-refractivity contribution in [2.24, 2.45) is 5.92 Å². The molecule has 0 spiro atoms. The highest BCUT2D eigenvalue weighted by Gasteiger charge is 2.29. The van der Waals surface area contributed by atoms with Gasteiger partial charge in [-0.05, 0) is 31.2 Å². The topological polar surface area (TPSA) is 80.1 Å². The average molecular weight is 347 g/mol. The summed E-state index contributed by atoms with van der Waals surface area (Å²) in [4.78, 5) is 27.4. The van der Waals surface area contributed by atoms with Crippen LogP contribution < -0.4 is 5.32 Å². The molecule has 1 aliphatic rings. The van der Waals surface area contributed by atoms with Crippen LogP contribution in [0, 0.1) is 5.92 Å².